The predicted octanol–water partition coefficient (Wildman–Crippen LogP) is 5.39. The van der Waals surface area contributed by atoms with Crippen LogP contribution in [0.25, 0.3) is 37.0 Å². The molecule has 1 amide bonds. The second kappa shape index (κ2) is 11.6. The van der Waals surface area contributed by atoms with Crippen molar-refractivity contribution >= 4 is 44.1 Å². The number of carbonyl (C=O) groups excluding carboxylic acids is 1. The third-order valence-corrected chi connectivity index (χ3v) is 9.16. The molecule has 0 N–H and O–H groups in total. The highest BCUT2D eigenvalue weighted by molar-refractivity contribution is 7.18. The van der Waals surface area contributed by atoms with Gasteiger partial charge in [0.15, 0.2) is 10.9 Å². The van der Waals surface area contributed by atoms with Crippen molar-refractivity contribution in [2.24, 2.45) is 0 Å². The fourth-order valence-corrected chi connectivity index (χ4v) is 6.87. The van der Waals surface area contributed by atoms with Gasteiger partial charge in [-0.15, -0.1) is 11.3 Å². The lowest BCUT2D eigenvalue weighted by molar-refractivity contribution is -0.128. The number of hydrogen-bond acceptors (Lipinski definition) is 7. The Bertz CT molecular complexity index is 1720. The normalized spacial score (nSPS) is 19.4. The largest absolute Gasteiger partial charge is 0.462 e. The number of nitrogens with zero attached hydrogens (tertiary/aromatic N) is 6. The Labute approximate surface area is 246 Å². The van der Waals surface area contributed by atoms with E-state index in [-0.39, 0.29) is 41.2 Å². The van der Waals surface area contributed by atoms with Crippen molar-refractivity contribution in [3.63, 3.8) is 0 Å². The minimum atomic E-state index is -0.543. The first kappa shape index (κ1) is 28.0. The van der Waals surface area contributed by atoms with Crippen LogP contribution in [0, 0.1) is 17.5 Å². The Balaban J connectivity index is 1.44. The number of carbonyl (C=O) groups is 1. The van der Waals surface area contributed by atoms with Crippen LogP contribution >= 0.6 is 11.3 Å². The molecule has 2 aromatic carbocycles. The zero-order chi connectivity index (χ0) is 29.4. The maximum Gasteiger partial charge on any atom is 0.319 e. The van der Waals surface area contributed by atoms with Crippen molar-refractivity contribution < 1.29 is 18.3 Å². The Morgan fingerprint density at radius 1 is 1.19 bits per heavy atom. The number of thiophene rings is 1. The molecule has 4 heterocycles. The highest BCUT2D eigenvalue weighted by atomic mass is 32.1. The molecule has 0 aliphatic carbocycles. The van der Waals surface area contributed by atoms with Gasteiger partial charge in [-0.1, -0.05) is 30.8 Å². The highest BCUT2D eigenvalue weighted by Crippen LogP contribution is 2.39. The quantitative estimate of drug-likeness (QED) is 0.213. The highest BCUT2D eigenvalue weighted by Gasteiger charge is 2.33. The summed E-state index contributed by atoms with van der Waals surface area (Å²) in [6, 6.07) is 10.2. The van der Waals surface area contributed by atoms with Gasteiger partial charge >= 0.3 is 6.01 Å². The predicted molar refractivity (Wildman–Crippen MR) is 161 cm³/mol. The summed E-state index contributed by atoms with van der Waals surface area (Å²) in [6.45, 7) is 13.7. The Morgan fingerprint density at radius 2 is 2.05 bits per heavy atom. The van der Waals surface area contributed by atoms with Crippen LogP contribution < -0.4 is 9.64 Å². The molecule has 2 fully saturated rings. The molecule has 2 saturated heterocycles. The lowest BCUT2D eigenvalue weighted by atomic mass is 10.0. The van der Waals surface area contributed by atoms with Crippen molar-refractivity contribution in [2.75, 3.05) is 51.3 Å². The Kier molecular flexibility index (Phi) is 7.75. The molecule has 2 atom stereocenters. The Morgan fingerprint density at radius 3 is 2.81 bits per heavy atom. The standard InChI is InChI=1S/C31H30F2N6O2S/c1-4-26(40)39-14-13-38(17-21(39)16-34-2)30-24-11-10-22(23-9-5-7-19-15-25(32)42-29(19)23)27(33)28(24)35-31(36-30)41-18-20-8-6-12-37(20)3/h4-5,7,9-11,15,20-21H,1,6,8,12-14,16-18H2,3H3/t20-,21-/m0/s1. The van der Waals surface area contributed by atoms with E-state index in [0.717, 1.165) is 30.7 Å². The van der Waals surface area contributed by atoms with E-state index in [0.29, 0.717) is 58.7 Å². The van der Waals surface area contributed by atoms with Crippen LogP contribution in [0.3, 0.4) is 0 Å². The fraction of sp³-hybridized carbons (Fsp3) is 0.355. The molecule has 0 unspecified atom stereocenters. The molecule has 0 saturated carbocycles. The molecular weight excluding hydrogens is 558 g/mol. The number of benzene rings is 2. The van der Waals surface area contributed by atoms with Crippen LogP contribution in [0.5, 0.6) is 6.01 Å². The minimum Gasteiger partial charge on any atom is -0.462 e. The van der Waals surface area contributed by atoms with E-state index >= 15 is 4.39 Å². The maximum absolute atomic E-state index is 16.5. The van der Waals surface area contributed by atoms with Crippen molar-refractivity contribution in [2.45, 2.75) is 24.9 Å². The van der Waals surface area contributed by atoms with Crippen LogP contribution in [0.2, 0.25) is 0 Å². The van der Waals surface area contributed by atoms with Gasteiger partial charge in [-0.2, -0.15) is 14.4 Å². The summed E-state index contributed by atoms with van der Waals surface area (Å²) < 4.78 is 37.4. The van der Waals surface area contributed by atoms with Gasteiger partial charge in [-0.3, -0.25) is 4.79 Å². The number of hydrogen-bond donors (Lipinski definition) is 0. The van der Waals surface area contributed by atoms with E-state index in [4.69, 9.17) is 16.3 Å². The SMILES string of the molecule is [C-]#[N+]C[C@H]1CN(c2nc(OC[C@@H]3CCCN3C)nc3c(F)c(-c4cccc5cc(F)sc45)ccc23)CCN1C(=O)C=C. The summed E-state index contributed by atoms with van der Waals surface area (Å²) in [7, 11) is 2.05. The molecule has 8 nitrogen and oxygen atoms in total. The molecule has 2 aliphatic rings. The molecule has 6 rings (SSSR count). The van der Waals surface area contributed by atoms with E-state index in [1.54, 1.807) is 35.2 Å². The fourth-order valence-electron chi connectivity index (χ4n) is 5.96. The molecule has 216 valence electrons. The molecule has 2 aromatic heterocycles. The van der Waals surface area contributed by atoms with Gasteiger partial charge in [0.25, 0.3) is 0 Å². The second-order valence-corrected chi connectivity index (χ2v) is 11.7. The minimum absolute atomic E-state index is 0.0700. The van der Waals surface area contributed by atoms with Gasteiger partial charge in [0.2, 0.25) is 12.5 Å². The van der Waals surface area contributed by atoms with Gasteiger partial charge in [0.1, 0.15) is 24.0 Å². The number of anilines is 1. The summed E-state index contributed by atoms with van der Waals surface area (Å²) in [5.74, 6) is -0.282. The topological polar surface area (TPSA) is 66.2 Å². The molecule has 0 radical (unpaired) electrons. The molecule has 11 heteroatoms. The average Bonchev–Trinajstić information content (AvgIpc) is 3.59. The molecule has 0 bridgehead atoms. The molecular formula is C31H30F2N6O2S. The Hall–Kier alpha value is -4.14. The zero-order valence-electron chi connectivity index (χ0n) is 23.2. The summed E-state index contributed by atoms with van der Waals surface area (Å²) in [6.07, 6.45) is 3.33. The van der Waals surface area contributed by atoms with Crippen molar-refractivity contribution in [3.05, 3.63) is 71.4 Å². The van der Waals surface area contributed by atoms with E-state index in [2.05, 4.69) is 28.4 Å². The molecule has 2 aliphatic heterocycles. The number of amides is 1. The maximum atomic E-state index is 16.5. The number of aromatic nitrogens is 2. The van der Waals surface area contributed by atoms with Crippen LogP contribution in [0.15, 0.2) is 49.1 Å². The monoisotopic (exact) mass is 588 g/mol. The molecule has 0 spiro atoms. The second-order valence-electron chi connectivity index (χ2n) is 10.7. The van der Waals surface area contributed by atoms with Crippen molar-refractivity contribution in [1.29, 1.82) is 0 Å². The summed E-state index contributed by atoms with van der Waals surface area (Å²) >= 11 is 0.981. The van der Waals surface area contributed by atoms with Crippen molar-refractivity contribution in [3.8, 4) is 17.1 Å². The lowest BCUT2D eigenvalue weighted by Crippen LogP contribution is -2.56. The van der Waals surface area contributed by atoms with Gasteiger partial charge in [-0.05, 0) is 50.0 Å². The zero-order valence-corrected chi connectivity index (χ0v) is 24.0. The van der Waals surface area contributed by atoms with Crippen LogP contribution in [0.1, 0.15) is 12.8 Å². The summed E-state index contributed by atoms with van der Waals surface area (Å²) in [4.78, 5) is 31.2. The third-order valence-electron chi connectivity index (χ3n) is 8.19. The number of rotatable bonds is 7. The molecule has 42 heavy (non-hydrogen) atoms. The van der Waals surface area contributed by atoms with Gasteiger partial charge in [0.05, 0.1) is 0 Å². The summed E-state index contributed by atoms with van der Waals surface area (Å²) in [5.41, 5.74) is 1.01. The van der Waals surface area contributed by atoms with Gasteiger partial charge < -0.3 is 24.3 Å². The van der Waals surface area contributed by atoms with Crippen LogP contribution in [-0.4, -0.2) is 84.1 Å². The number of fused-ring (bicyclic) bond motifs is 2. The first-order chi connectivity index (χ1) is 20.4. The number of likely N-dealkylation sites (tertiary alicyclic amines) is 1. The lowest BCUT2D eigenvalue weighted by Gasteiger charge is -2.39. The average molecular weight is 589 g/mol. The number of ether oxygens (including phenoxy) is 1. The number of halogens is 2. The van der Waals surface area contributed by atoms with Crippen LogP contribution in [-0.2, 0) is 4.79 Å². The van der Waals surface area contributed by atoms with E-state index in [1.807, 2.05) is 4.90 Å². The first-order valence-electron chi connectivity index (χ1n) is 13.9. The number of likely N-dealkylation sites (N-methyl/N-ethyl adjacent to an activating group) is 1. The first-order valence-corrected chi connectivity index (χ1v) is 14.7. The van der Waals surface area contributed by atoms with E-state index in [9.17, 15) is 9.18 Å². The number of piperazine rings is 1. The van der Waals surface area contributed by atoms with Gasteiger partial charge in [0, 0.05) is 46.9 Å². The van der Waals surface area contributed by atoms with E-state index in [1.165, 1.54) is 12.1 Å². The van der Waals surface area contributed by atoms with Crippen LogP contribution in [0.4, 0.5) is 14.6 Å². The van der Waals surface area contributed by atoms with Crippen molar-refractivity contribution in [1.82, 2.24) is 19.8 Å². The van der Waals surface area contributed by atoms with E-state index < -0.39 is 5.82 Å². The van der Waals surface area contributed by atoms with Gasteiger partial charge in [-0.25, -0.2) is 11.0 Å². The molecule has 4 aromatic rings. The third kappa shape index (κ3) is 5.16. The summed E-state index contributed by atoms with van der Waals surface area (Å²) in [5, 5.41) is 0.871. The smallest absolute Gasteiger partial charge is 0.319 e.